The van der Waals surface area contributed by atoms with E-state index >= 15 is 0 Å². The Morgan fingerprint density at radius 1 is 1.36 bits per heavy atom. The zero-order valence-electron chi connectivity index (χ0n) is 7.69. The molecule has 66 valence electrons. The van der Waals surface area contributed by atoms with E-state index in [9.17, 15) is 0 Å². The fraction of sp³-hybridized carbons (Fsp3) is 1.00. The van der Waals surface area contributed by atoms with Gasteiger partial charge in [0.05, 0.1) is 6.17 Å². The minimum Gasteiger partial charge on any atom is -0.302 e. The Balaban J connectivity index is 2.08. The highest BCUT2D eigenvalue weighted by atomic mass is 15.1. The summed E-state index contributed by atoms with van der Waals surface area (Å²) in [5.74, 6) is 0. The monoisotopic (exact) mass is 156 g/mol. The van der Waals surface area contributed by atoms with Crippen LogP contribution in [-0.2, 0) is 0 Å². The van der Waals surface area contributed by atoms with Crippen LogP contribution in [0, 0.1) is 0 Å². The summed E-state index contributed by atoms with van der Waals surface area (Å²) in [4.78, 5) is 0. The first-order valence-corrected chi connectivity index (χ1v) is 4.86. The number of nitrogens with one attached hydrogen (secondary N) is 2. The second-order valence-corrected chi connectivity index (χ2v) is 3.34. The van der Waals surface area contributed by atoms with Crippen molar-refractivity contribution in [1.82, 2.24) is 10.6 Å². The van der Waals surface area contributed by atoms with Crippen LogP contribution in [0.3, 0.4) is 0 Å². The fourth-order valence-corrected chi connectivity index (χ4v) is 1.31. The van der Waals surface area contributed by atoms with Gasteiger partial charge in [-0.15, -0.1) is 0 Å². The van der Waals surface area contributed by atoms with Gasteiger partial charge >= 0.3 is 0 Å². The van der Waals surface area contributed by atoms with Crippen molar-refractivity contribution < 1.29 is 0 Å². The quantitative estimate of drug-likeness (QED) is 0.569. The van der Waals surface area contributed by atoms with Crippen molar-refractivity contribution in [3.8, 4) is 0 Å². The molecule has 1 rings (SSSR count). The van der Waals surface area contributed by atoms with Crippen LogP contribution in [0.1, 0.15) is 39.5 Å². The van der Waals surface area contributed by atoms with Gasteiger partial charge in [0.1, 0.15) is 0 Å². The van der Waals surface area contributed by atoms with E-state index in [0.29, 0.717) is 6.17 Å². The molecule has 0 aromatic heterocycles. The molecule has 2 N–H and O–H groups in total. The first-order valence-electron chi connectivity index (χ1n) is 4.86. The third-order valence-electron chi connectivity index (χ3n) is 2.04. The second kappa shape index (κ2) is 4.73. The molecule has 1 unspecified atom stereocenters. The number of hydrogen-bond acceptors (Lipinski definition) is 2. The number of hydrogen-bond donors (Lipinski definition) is 2. The molecule has 1 aliphatic rings. The van der Waals surface area contributed by atoms with Crippen molar-refractivity contribution in [3.63, 3.8) is 0 Å². The Morgan fingerprint density at radius 3 is 2.55 bits per heavy atom. The number of rotatable bonds is 6. The zero-order valence-corrected chi connectivity index (χ0v) is 7.69. The van der Waals surface area contributed by atoms with Gasteiger partial charge in [0.25, 0.3) is 0 Å². The molecule has 0 aliphatic heterocycles. The van der Waals surface area contributed by atoms with Crippen molar-refractivity contribution >= 4 is 0 Å². The molecule has 0 amide bonds. The van der Waals surface area contributed by atoms with Gasteiger partial charge < -0.3 is 5.32 Å². The van der Waals surface area contributed by atoms with Crippen molar-refractivity contribution in [2.24, 2.45) is 0 Å². The van der Waals surface area contributed by atoms with Crippen molar-refractivity contribution in [2.75, 3.05) is 6.54 Å². The molecule has 0 aromatic carbocycles. The zero-order chi connectivity index (χ0) is 8.10. The lowest BCUT2D eigenvalue weighted by atomic mass is 10.2. The van der Waals surface area contributed by atoms with Gasteiger partial charge in [-0.05, 0) is 25.8 Å². The molecule has 1 aliphatic carbocycles. The van der Waals surface area contributed by atoms with Crippen LogP contribution in [0.15, 0.2) is 0 Å². The summed E-state index contributed by atoms with van der Waals surface area (Å²) >= 11 is 0. The second-order valence-electron chi connectivity index (χ2n) is 3.34. The molecule has 0 saturated heterocycles. The molecule has 0 bridgehead atoms. The van der Waals surface area contributed by atoms with E-state index in [-0.39, 0.29) is 0 Å². The van der Waals surface area contributed by atoms with Crippen molar-refractivity contribution in [2.45, 2.75) is 51.7 Å². The molecular formula is C9H20N2. The summed E-state index contributed by atoms with van der Waals surface area (Å²) in [6.07, 6.45) is 5.84. The van der Waals surface area contributed by atoms with Crippen LogP contribution < -0.4 is 10.6 Å². The Kier molecular flexibility index (Phi) is 3.87. The SMILES string of the molecule is CCCC(NCC)NC1CC1. The Morgan fingerprint density at radius 2 is 2.09 bits per heavy atom. The van der Waals surface area contributed by atoms with Gasteiger partial charge in [-0.1, -0.05) is 20.3 Å². The topological polar surface area (TPSA) is 24.1 Å². The van der Waals surface area contributed by atoms with E-state index in [1.807, 2.05) is 0 Å². The summed E-state index contributed by atoms with van der Waals surface area (Å²) in [5.41, 5.74) is 0. The molecule has 11 heavy (non-hydrogen) atoms. The van der Waals surface area contributed by atoms with Crippen molar-refractivity contribution in [1.29, 1.82) is 0 Å². The molecule has 1 fully saturated rings. The van der Waals surface area contributed by atoms with Crippen LogP contribution in [0.5, 0.6) is 0 Å². The maximum atomic E-state index is 3.58. The van der Waals surface area contributed by atoms with Crippen LogP contribution in [-0.4, -0.2) is 18.8 Å². The van der Waals surface area contributed by atoms with E-state index < -0.39 is 0 Å². The minimum atomic E-state index is 0.567. The molecule has 0 radical (unpaired) electrons. The molecule has 1 atom stereocenters. The van der Waals surface area contributed by atoms with Gasteiger partial charge in [-0.25, -0.2) is 0 Å². The van der Waals surface area contributed by atoms with Crippen LogP contribution in [0.4, 0.5) is 0 Å². The average Bonchev–Trinajstić information content (AvgIpc) is 2.73. The third kappa shape index (κ3) is 3.73. The molecule has 0 spiro atoms. The lowest BCUT2D eigenvalue weighted by molar-refractivity contribution is 0.403. The van der Waals surface area contributed by atoms with E-state index in [1.54, 1.807) is 0 Å². The maximum Gasteiger partial charge on any atom is 0.0573 e. The van der Waals surface area contributed by atoms with E-state index in [1.165, 1.54) is 25.7 Å². The van der Waals surface area contributed by atoms with Gasteiger partial charge in [0.2, 0.25) is 0 Å². The van der Waals surface area contributed by atoms with Crippen LogP contribution >= 0.6 is 0 Å². The summed E-state index contributed by atoms with van der Waals surface area (Å²) in [6, 6.07) is 0.825. The molecule has 1 saturated carbocycles. The lowest BCUT2D eigenvalue weighted by Gasteiger charge is -2.18. The van der Waals surface area contributed by atoms with E-state index in [2.05, 4.69) is 24.5 Å². The van der Waals surface area contributed by atoms with Crippen LogP contribution in [0.2, 0.25) is 0 Å². The normalized spacial score (nSPS) is 20.2. The van der Waals surface area contributed by atoms with E-state index in [0.717, 1.165) is 12.6 Å². The van der Waals surface area contributed by atoms with Gasteiger partial charge in [0, 0.05) is 6.04 Å². The maximum absolute atomic E-state index is 3.58. The van der Waals surface area contributed by atoms with Gasteiger partial charge in [-0.2, -0.15) is 0 Å². The third-order valence-corrected chi connectivity index (χ3v) is 2.04. The Labute approximate surface area is 69.8 Å². The lowest BCUT2D eigenvalue weighted by Crippen LogP contribution is -2.43. The van der Waals surface area contributed by atoms with Gasteiger partial charge in [0.15, 0.2) is 0 Å². The summed E-state index contributed by atoms with van der Waals surface area (Å²) in [6.45, 7) is 5.47. The molecule has 0 aromatic rings. The first kappa shape index (κ1) is 9.01. The molecule has 0 heterocycles. The summed E-state index contributed by atoms with van der Waals surface area (Å²) < 4.78 is 0. The predicted molar refractivity (Wildman–Crippen MR) is 48.5 cm³/mol. The standard InChI is InChI=1S/C9H20N2/c1-3-5-9(10-4-2)11-8-6-7-8/h8-11H,3-7H2,1-2H3. The van der Waals surface area contributed by atoms with Crippen molar-refractivity contribution in [3.05, 3.63) is 0 Å². The fourth-order valence-electron chi connectivity index (χ4n) is 1.31. The molecule has 2 heteroatoms. The molecular weight excluding hydrogens is 136 g/mol. The highest BCUT2D eigenvalue weighted by Crippen LogP contribution is 2.19. The minimum absolute atomic E-state index is 0.567. The smallest absolute Gasteiger partial charge is 0.0573 e. The van der Waals surface area contributed by atoms with E-state index in [4.69, 9.17) is 0 Å². The highest BCUT2D eigenvalue weighted by molar-refractivity contribution is 4.83. The van der Waals surface area contributed by atoms with Gasteiger partial charge in [-0.3, -0.25) is 5.32 Å². The van der Waals surface area contributed by atoms with Crippen LogP contribution in [0.25, 0.3) is 0 Å². The Hall–Kier alpha value is -0.0800. The molecule has 2 nitrogen and oxygen atoms in total. The Bertz CT molecular complexity index is 93.7. The summed E-state index contributed by atoms with van der Waals surface area (Å²) in [7, 11) is 0. The first-order chi connectivity index (χ1) is 5.36. The largest absolute Gasteiger partial charge is 0.302 e. The summed E-state index contributed by atoms with van der Waals surface area (Å²) in [5, 5.41) is 7.03. The average molecular weight is 156 g/mol. The predicted octanol–water partition coefficient (Wildman–Crippen LogP) is 1.47. The highest BCUT2D eigenvalue weighted by Gasteiger charge is 2.23.